The third-order valence-corrected chi connectivity index (χ3v) is 8.19. The maximum absolute atomic E-state index is 13.3. The van der Waals surface area contributed by atoms with E-state index in [9.17, 15) is 19.2 Å². The number of likely N-dealkylation sites (tertiary alicyclic amines) is 2. The van der Waals surface area contributed by atoms with E-state index in [2.05, 4.69) is 10.6 Å². The molecule has 1 aromatic carbocycles. The summed E-state index contributed by atoms with van der Waals surface area (Å²) in [4.78, 5) is 54.5. The number of amides is 5. The predicted molar refractivity (Wildman–Crippen MR) is 126 cm³/mol. The monoisotopic (exact) mass is 472 g/mol. The summed E-state index contributed by atoms with van der Waals surface area (Å²) in [5, 5.41) is 4.92. The van der Waals surface area contributed by atoms with Crippen molar-refractivity contribution in [3.63, 3.8) is 0 Å². The second kappa shape index (κ2) is 10.2. The van der Waals surface area contributed by atoms with E-state index in [1.807, 2.05) is 28.0 Å². The molecule has 0 saturated carbocycles. The SMILES string of the molecule is CC1(CSc2ccccc2C(=O)N2CCC(C(=O)N3CCCCCC3)CC2)NC(=O)NC1=O. The van der Waals surface area contributed by atoms with Crippen LogP contribution in [0.15, 0.2) is 29.2 Å². The smallest absolute Gasteiger partial charge is 0.322 e. The first-order valence-corrected chi connectivity index (χ1v) is 12.8. The first kappa shape index (κ1) is 23.6. The van der Waals surface area contributed by atoms with Gasteiger partial charge < -0.3 is 15.1 Å². The molecule has 3 fully saturated rings. The molecule has 1 aromatic rings. The second-order valence-electron chi connectivity index (χ2n) is 9.33. The largest absolute Gasteiger partial charge is 0.342 e. The van der Waals surface area contributed by atoms with Crippen molar-refractivity contribution in [2.45, 2.75) is 55.9 Å². The molecule has 5 amide bonds. The van der Waals surface area contributed by atoms with Crippen LogP contribution in [0.3, 0.4) is 0 Å². The highest BCUT2D eigenvalue weighted by atomic mass is 32.2. The van der Waals surface area contributed by atoms with Crippen molar-refractivity contribution in [1.82, 2.24) is 20.4 Å². The van der Waals surface area contributed by atoms with E-state index < -0.39 is 11.6 Å². The summed E-state index contributed by atoms with van der Waals surface area (Å²) in [7, 11) is 0. The van der Waals surface area contributed by atoms with Gasteiger partial charge in [-0.25, -0.2) is 4.79 Å². The normalized spacial score (nSPS) is 24.3. The molecule has 1 atom stereocenters. The number of nitrogens with zero attached hydrogens (tertiary/aromatic N) is 2. The number of carbonyl (C=O) groups excluding carboxylic acids is 4. The predicted octanol–water partition coefficient (Wildman–Crippen LogP) is 2.63. The van der Waals surface area contributed by atoms with Crippen LogP contribution in [0.25, 0.3) is 0 Å². The second-order valence-corrected chi connectivity index (χ2v) is 10.3. The van der Waals surface area contributed by atoms with Crippen LogP contribution in [0.4, 0.5) is 4.79 Å². The lowest BCUT2D eigenvalue weighted by Gasteiger charge is -2.34. The fourth-order valence-electron chi connectivity index (χ4n) is 4.72. The van der Waals surface area contributed by atoms with Crippen molar-refractivity contribution in [3.05, 3.63) is 29.8 Å². The fraction of sp³-hybridized carbons (Fsp3) is 0.583. The number of urea groups is 1. The minimum atomic E-state index is -1.01. The Kier molecular flexibility index (Phi) is 7.26. The minimum absolute atomic E-state index is 0.00112. The van der Waals surface area contributed by atoms with Gasteiger partial charge in [0.15, 0.2) is 0 Å². The average Bonchev–Trinajstić information content (AvgIpc) is 3.00. The molecule has 4 rings (SSSR count). The Labute approximate surface area is 198 Å². The Bertz CT molecular complexity index is 923. The summed E-state index contributed by atoms with van der Waals surface area (Å²) < 4.78 is 0. The Morgan fingerprint density at radius 1 is 1.00 bits per heavy atom. The Morgan fingerprint density at radius 3 is 2.30 bits per heavy atom. The van der Waals surface area contributed by atoms with Crippen LogP contribution in [0, 0.1) is 5.92 Å². The summed E-state index contributed by atoms with van der Waals surface area (Å²) >= 11 is 1.38. The minimum Gasteiger partial charge on any atom is -0.342 e. The van der Waals surface area contributed by atoms with Crippen molar-refractivity contribution in [1.29, 1.82) is 0 Å². The topological polar surface area (TPSA) is 98.8 Å². The summed E-state index contributed by atoms with van der Waals surface area (Å²) in [6, 6.07) is 6.87. The van der Waals surface area contributed by atoms with Gasteiger partial charge in [-0.15, -0.1) is 11.8 Å². The Hall–Kier alpha value is -2.55. The van der Waals surface area contributed by atoms with Crippen LogP contribution >= 0.6 is 11.8 Å². The average molecular weight is 473 g/mol. The number of hydrogen-bond acceptors (Lipinski definition) is 5. The lowest BCUT2D eigenvalue weighted by Crippen LogP contribution is -2.46. The van der Waals surface area contributed by atoms with Crippen molar-refractivity contribution in [2.24, 2.45) is 5.92 Å². The lowest BCUT2D eigenvalue weighted by atomic mass is 9.94. The van der Waals surface area contributed by atoms with Gasteiger partial charge >= 0.3 is 6.03 Å². The molecule has 0 aromatic heterocycles. The zero-order valence-electron chi connectivity index (χ0n) is 19.1. The van der Waals surface area contributed by atoms with Crippen LogP contribution < -0.4 is 10.6 Å². The molecule has 3 heterocycles. The maximum atomic E-state index is 13.3. The number of thioether (sulfide) groups is 1. The van der Waals surface area contributed by atoms with Gasteiger partial charge in [0.25, 0.3) is 11.8 Å². The number of hydrogen-bond donors (Lipinski definition) is 2. The number of carbonyl (C=O) groups is 4. The van der Waals surface area contributed by atoms with Crippen LogP contribution in [-0.4, -0.2) is 71.0 Å². The molecule has 0 bridgehead atoms. The summed E-state index contributed by atoms with van der Waals surface area (Å²) in [5.74, 6) is 0.163. The first-order chi connectivity index (χ1) is 15.9. The zero-order chi connectivity index (χ0) is 23.4. The molecule has 0 aliphatic carbocycles. The zero-order valence-corrected chi connectivity index (χ0v) is 19.9. The summed E-state index contributed by atoms with van der Waals surface area (Å²) in [5.41, 5.74) is -0.419. The molecule has 3 aliphatic heterocycles. The Balaban J connectivity index is 1.36. The van der Waals surface area contributed by atoms with Gasteiger partial charge in [0, 0.05) is 42.7 Å². The Morgan fingerprint density at radius 2 is 1.67 bits per heavy atom. The molecule has 3 saturated heterocycles. The van der Waals surface area contributed by atoms with Crippen molar-refractivity contribution in [3.8, 4) is 0 Å². The standard InChI is InChI=1S/C24H32N4O4S/c1-24(22(31)25-23(32)26-24)16-33-19-9-5-4-8-18(19)21(30)28-14-10-17(11-15-28)20(29)27-12-6-2-3-7-13-27/h4-5,8-9,17H,2-3,6-7,10-16H2,1H3,(H2,25,26,31,32). The van der Waals surface area contributed by atoms with Crippen LogP contribution in [0.1, 0.15) is 55.8 Å². The van der Waals surface area contributed by atoms with Gasteiger partial charge in [0.05, 0.1) is 5.56 Å². The summed E-state index contributed by atoms with van der Waals surface area (Å²) in [6.07, 6.45) is 5.96. The quantitative estimate of drug-likeness (QED) is 0.507. The lowest BCUT2D eigenvalue weighted by molar-refractivity contribution is -0.136. The van der Waals surface area contributed by atoms with Crippen molar-refractivity contribution >= 4 is 35.5 Å². The van der Waals surface area contributed by atoms with Gasteiger partial charge in [-0.2, -0.15) is 0 Å². The van der Waals surface area contributed by atoms with E-state index in [-0.39, 0.29) is 23.6 Å². The van der Waals surface area contributed by atoms with Gasteiger partial charge in [-0.05, 0) is 44.7 Å². The molecule has 1 unspecified atom stereocenters. The maximum Gasteiger partial charge on any atom is 0.322 e. The van der Waals surface area contributed by atoms with E-state index in [0.717, 1.165) is 30.8 Å². The van der Waals surface area contributed by atoms with Gasteiger partial charge in [-0.1, -0.05) is 25.0 Å². The molecule has 33 heavy (non-hydrogen) atoms. The van der Waals surface area contributed by atoms with E-state index in [1.54, 1.807) is 13.0 Å². The van der Waals surface area contributed by atoms with E-state index in [4.69, 9.17) is 0 Å². The third kappa shape index (κ3) is 5.34. The van der Waals surface area contributed by atoms with Crippen molar-refractivity contribution in [2.75, 3.05) is 31.9 Å². The third-order valence-electron chi connectivity index (χ3n) is 6.80. The summed E-state index contributed by atoms with van der Waals surface area (Å²) in [6.45, 7) is 4.53. The van der Waals surface area contributed by atoms with Gasteiger partial charge in [0.2, 0.25) is 5.91 Å². The molecule has 8 nitrogen and oxygen atoms in total. The first-order valence-electron chi connectivity index (χ1n) is 11.8. The highest BCUT2D eigenvalue weighted by Crippen LogP contribution is 2.30. The van der Waals surface area contributed by atoms with Gasteiger partial charge in [0.1, 0.15) is 5.54 Å². The van der Waals surface area contributed by atoms with Gasteiger partial charge in [-0.3, -0.25) is 19.7 Å². The van der Waals surface area contributed by atoms with E-state index in [1.165, 1.54) is 24.6 Å². The molecule has 0 radical (unpaired) electrons. The fourth-order valence-corrected chi connectivity index (χ4v) is 5.85. The highest BCUT2D eigenvalue weighted by molar-refractivity contribution is 7.99. The molecule has 2 N–H and O–H groups in total. The van der Waals surface area contributed by atoms with Crippen LogP contribution in [0.5, 0.6) is 0 Å². The van der Waals surface area contributed by atoms with Crippen LogP contribution in [0.2, 0.25) is 0 Å². The number of nitrogens with one attached hydrogen (secondary N) is 2. The number of imide groups is 1. The highest BCUT2D eigenvalue weighted by Gasteiger charge is 2.42. The van der Waals surface area contributed by atoms with E-state index in [0.29, 0.717) is 37.2 Å². The molecule has 178 valence electrons. The molecule has 9 heteroatoms. The van der Waals surface area contributed by atoms with Crippen molar-refractivity contribution < 1.29 is 19.2 Å². The number of piperidine rings is 1. The molecular weight excluding hydrogens is 440 g/mol. The molecular formula is C24H32N4O4S. The number of benzene rings is 1. The van der Waals surface area contributed by atoms with E-state index >= 15 is 0 Å². The molecule has 3 aliphatic rings. The molecule has 0 spiro atoms. The number of rotatable bonds is 5. The van der Waals surface area contributed by atoms with Crippen LogP contribution in [-0.2, 0) is 9.59 Å².